The fourth-order valence-electron chi connectivity index (χ4n) is 2.02. The third-order valence-electron chi connectivity index (χ3n) is 3.16. The van der Waals surface area contributed by atoms with Gasteiger partial charge >= 0.3 is 0 Å². The maximum atomic E-state index is 11.7. The molecule has 0 heterocycles. The van der Waals surface area contributed by atoms with Crippen molar-refractivity contribution >= 4 is 27.1 Å². The van der Waals surface area contributed by atoms with E-state index in [-0.39, 0.29) is 9.92 Å². The number of halogens is 1. The third-order valence-corrected chi connectivity index (χ3v) is 4.74. The molecule has 0 radical (unpaired) electrons. The van der Waals surface area contributed by atoms with Gasteiger partial charge in [0.1, 0.15) is 0 Å². The summed E-state index contributed by atoms with van der Waals surface area (Å²) in [6, 6.07) is 12.9. The number of ether oxygens (including phenoxy) is 1. The van der Waals surface area contributed by atoms with Crippen molar-refractivity contribution in [3.8, 4) is 0 Å². The van der Waals surface area contributed by atoms with Crippen LogP contribution in [0.3, 0.4) is 0 Å². The first kappa shape index (κ1) is 16.8. The molecule has 0 spiro atoms. The third kappa shape index (κ3) is 4.47. The first-order chi connectivity index (χ1) is 10.4. The van der Waals surface area contributed by atoms with E-state index in [4.69, 9.17) is 16.3 Å². The summed E-state index contributed by atoms with van der Waals surface area (Å²) >= 11 is 5.93. The average molecular weight is 340 g/mol. The Bertz CT molecular complexity index is 742. The van der Waals surface area contributed by atoms with Gasteiger partial charge in [0.2, 0.25) is 0 Å². The predicted octanol–water partition coefficient (Wildman–Crippen LogP) is 3.50. The van der Waals surface area contributed by atoms with Gasteiger partial charge in [0.25, 0.3) is 0 Å². The zero-order valence-corrected chi connectivity index (χ0v) is 14.0. The van der Waals surface area contributed by atoms with Crippen molar-refractivity contribution < 1.29 is 13.2 Å². The molecular weight excluding hydrogens is 322 g/mol. The lowest BCUT2D eigenvalue weighted by Crippen LogP contribution is -2.03. The Labute approximate surface area is 136 Å². The maximum absolute atomic E-state index is 11.7. The highest BCUT2D eigenvalue weighted by molar-refractivity contribution is 7.90. The summed E-state index contributed by atoms with van der Waals surface area (Å²) in [6.45, 7) is 1.18. The number of benzene rings is 2. The molecule has 0 aliphatic carbocycles. The van der Waals surface area contributed by atoms with Gasteiger partial charge in [0, 0.05) is 25.6 Å². The van der Waals surface area contributed by atoms with Crippen LogP contribution in [0, 0.1) is 0 Å². The predicted molar refractivity (Wildman–Crippen MR) is 89.0 cm³/mol. The SMILES string of the molecule is COCc1ccc(CNc2ccc(Cl)c(S(C)(=O)=O)c2)cc1. The Morgan fingerprint density at radius 3 is 2.32 bits per heavy atom. The van der Waals surface area contributed by atoms with Gasteiger partial charge in [-0.05, 0) is 29.3 Å². The van der Waals surface area contributed by atoms with Crippen molar-refractivity contribution in [2.45, 2.75) is 18.0 Å². The molecule has 0 bridgehead atoms. The van der Waals surface area contributed by atoms with Gasteiger partial charge in [-0.1, -0.05) is 35.9 Å². The number of nitrogens with one attached hydrogen (secondary N) is 1. The number of hydrogen-bond donors (Lipinski definition) is 1. The summed E-state index contributed by atoms with van der Waals surface area (Å²) < 4.78 is 28.4. The molecule has 4 nitrogen and oxygen atoms in total. The minimum absolute atomic E-state index is 0.134. The van der Waals surface area contributed by atoms with Gasteiger partial charge in [-0.2, -0.15) is 0 Å². The van der Waals surface area contributed by atoms with E-state index in [9.17, 15) is 8.42 Å². The molecule has 0 aromatic heterocycles. The average Bonchev–Trinajstić information content (AvgIpc) is 2.47. The molecule has 0 aliphatic rings. The molecule has 2 aromatic rings. The van der Waals surface area contributed by atoms with E-state index in [1.807, 2.05) is 24.3 Å². The lowest BCUT2D eigenvalue weighted by atomic mass is 10.1. The van der Waals surface area contributed by atoms with Crippen LogP contribution in [0.2, 0.25) is 5.02 Å². The van der Waals surface area contributed by atoms with E-state index in [2.05, 4.69) is 5.32 Å². The summed E-state index contributed by atoms with van der Waals surface area (Å²) in [5, 5.41) is 3.43. The minimum Gasteiger partial charge on any atom is -0.381 e. The zero-order chi connectivity index (χ0) is 16.2. The second-order valence-corrected chi connectivity index (χ2v) is 7.41. The Kier molecular flexibility index (Phi) is 5.45. The Morgan fingerprint density at radius 1 is 1.09 bits per heavy atom. The second-order valence-electron chi connectivity index (χ2n) is 5.02. The molecule has 0 aliphatic heterocycles. The molecule has 0 saturated carbocycles. The molecule has 6 heteroatoms. The van der Waals surface area contributed by atoms with Crippen LogP contribution >= 0.6 is 11.6 Å². The highest BCUT2D eigenvalue weighted by Crippen LogP contribution is 2.25. The molecule has 0 unspecified atom stereocenters. The van der Waals surface area contributed by atoms with Crippen LogP contribution < -0.4 is 5.32 Å². The first-order valence-corrected chi connectivity index (χ1v) is 8.97. The summed E-state index contributed by atoms with van der Waals surface area (Å²) in [7, 11) is -1.67. The number of sulfone groups is 1. The normalized spacial score (nSPS) is 11.4. The van der Waals surface area contributed by atoms with E-state index in [0.29, 0.717) is 18.8 Å². The van der Waals surface area contributed by atoms with E-state index >= 15 is 0 Å². The second kappa shape index (κ2) is 7.13. The van der Waals surface area contributed by atoms with Crippen molar-refractivity contribution in [2.24, 2.45) is 0 Å². The fraction of sp³-hybridized carbons (Fsp3) is 0.250. The van der Waals surface area contributed by atoms with Gasteiger partial charge in [-0.25, -0.2) is 8.42 Å². The number of methoxy groups -OCH3 is 1. The van der Waals surface area contributed by atoms with E-state index in [1.165, 1.54) is 0 Å². The van der Waals surface area contributed by atoms with Crippen LogP contribution in [0.15, 0.2) is 47.4 Å². The summed E-state index contributed by atoms with van der Waals surface area (Å²) in [4.78, 5) is 0.134. The molecule has 118 valence electrons. The van der Waals surface area contributed by atoms with Crippen LogP contribution in [0.1, 0.15) is 11.1 Å². The van der Waals surface area contributed by atoms with Crippen molar-refractivity contribution in [3.05, 3.63) is 58.6 Å². The molecular formula is C16H18ClNO3S. The summed E-state index contributed by atoms with van der Waals surface area (Å²) in [5.74, 6) is 0. The Balaban J connectivity index is 2.08. The highest BCUT2D eigenvalue weighted by atomic mass is 35.5. The summed E-state index contributed by atoms with van der Waals surface area (Å²) in [6.07, 6.45) is 1.15. The topological polar surface area (TPSA) is 55.4 Å². The Hall–Kier alpha value is -1.56. The van der Waals surface area contributed by atoms with Crippen molar-refractivity contribution in [1.29, 1.82) is 0 Å². The molecule has 1 N–H and O–H groups in total. The first-order valence-electron chi connectivity index (χ1n) is 6.70. The lowest BCUT2D eigenvalue weighted by Gasteiger charge is -2.10. The fourth-order valence-corrected chi connectivity index (χ4v) is 3.32. The standard InChI is InChI=1S/C16H18ClNO3S/c1-21-11-13-5-3-12(4-6-13)10-18-14-7-8-15(17)16(9-14)22(2,19)20/h3-9,18H,10-11H2,1-2H3. The summed E-state index contributed by atoms with van der Waals surface area (Å²) in [5.41, 5.74) is 2.92. The van der Waals surface area contributed by atoms with Crippen LogP contribution in [-0.4, -0.2) is 21.8 Å². The van der Waals surface area contributed by atoms with Crippen LogP contribution in [0.25, 0.3) is 0 Å². The zero-order valence-electron chi connectivity index (χ0n) is 12.5. The van der Waals surface area contributed by atoms with Gasteiger partial charge in [0.05, 0.1) is 16.5 Å². The maximum Gasteiger partial charge on any atom is 0.177 e. The van der Waals surface area contributed by atoms with Crippen LogP contribution in [0.4, 0.5) is 5.69 Å². The van der Waals surface area contributed by atoms with Crippen molar-refractivity contribution in [1.82, 2.24) is 0 Å². The van der Waals surface area contributed by atoms with Gasteiger partial charge in [0.15, 0.2) is 9.84 Å². The molecule has 0 atom stereocenters. The van der Waals surface area contributed by atoms with Gasteiger partial charge in [-0.15, -0.1) is 0 Å². The molecule has 0 saturated heterocycles. The largest absolute Gasteiger partial charge is 0.381 e. The van der Waals surface area contributed by atoms with Crippen molar-refractivity contribution in [3.63, 3.8) is 0 Å². The number of anilines is 1. The number of rotatable bonds is 6. The Morgan fingerprint density at radius 2 is 1.73 bits per heavy atom. The monoisotopic (exact) mass is 339 g/mol. The molecule has 22 heavy (non-hydrogen) atoms. The van der Waals surface area contributed by atoms with Crippen molar-refractivity contribution in [2.75, 3.05) is 18.7 Å². The number of hydrogen-bond acceptors (Lipinski definition) is 4. The van der Waals surface area contributed by atoms with E-state index < -0.39 is 9.84 Å². The van der Waals surface area contributed by atoms with Crippen LogP contribution in [0.5, 0.6) is 0 Å². The molecule has 0 amide bonds. The van der Waals surface area contributed by atoms with E-state index in [0.717, 1.165) is 17.4 Å². The lowest BCUT2D eigenvalue weighted by molar-refractivity contribution is 0.185. The molecule has 0 fully saturated rings. The van der Waals surface area contributed by atoms with Gasteiger partial charge < -0.3 is 10.1 Å². The minimum atomic E-state index is -3.34. The quantitative estimate of drug-likeness (QED) is 0.875. The molecule has 2 rings (SSSR count). The molecule has 2 aromatic carbocycles. The smallest absolute Gasteiger partial charge is 0.177 e. The van der Waals surface area contributed by atoms with Crippen LogP contribution in [-0.2, 0) is 27.7 Å². The highest BCUT2D eigenvalue weighted by Gasteiger charge is 2.12. The van der Waals surface area contributed by atoms with Gasteiger partial charge in [-0.3, -0.25) is 0 Å². The van der Waals surface area contributed by atoms with E-state index in [1.54, 1.807) is 25.3 Å².